The smallest absolute Gasteiger partial charge is 0.0811 e. The van der Waals surface area contributed by atoms with E-state index in [1.165, 1.54) is 0 Å². The highest BCUT2D eigenvalue weighted by Crippen LogP contribution is 2.22. The number of nitrogen functional groups attached to an aromatic ring is 1. The standard InChI is InChI=1S/C10H10N2S/c1-7-2-3-8(4-9(7)11)10-5-13-6-12-10/h2-6H,11H2,1H3. The van der Waals surface area contributed by atoms with E-state index in [0.717, 1.165) is 22.5 Å². The zero-order valence-corrected chi connectivity index (χ0v) is 8.14. The molecule has 0 radical (unpaired) electrons. The monoisotopic (exact) mass is 190 g/mol. The van der Waals surface area contributed by atoms with Crippen LogP contribution in [0.15, 0.2) is 29.1 Å². The Morgan fingerprint density at radius 2 is 2.23 bits per heavy atom. The van der Waals surface area contributed by atoms with Crippen LogP contribution in [0.5, 0.6) is 0 Å². The summed E-state index contributed by atoms with van der Waals surface area (Å²) in [6.07, 6.45) is 0. The molecule has 2 aromatic rings. The van der Waals surface area contributed by atoms with E-state index in [0.29, 0.717) is 0 Å². The van der Waals surface area contributed by atoms with Crippen LogP contribution < -0.4 is 5.73 Å². The summed E-state index contributed by atoms with van der Waals surface area (Å²) in [5, 5.41) is 2.02. The van der Waals surface area contributed by atoms with Gasteiger partial charge >= 0.3 is 0 Å². The van der Waals surface area contributed by atoms with Gasteiger partial charge < -0.3 is 5.73 Å². The fraction of sp³-hybridized carbons (Fsp3) is 0.100. The van der Waals surface area contributed by atoms with Crippen LogP contribution in [0, 0.1) is 6.92 Å². The minimum Gasteiger partial charge on any atom is -0.398 e. The van der Waals surface area contributed by atoms with E-state index in [9.17, 15) is 0 Å². The van der Waals surface area contributed by atoms with Crippen LogP contribution in [0.25, 0.3) is 11.3 Å². The topological polar surface area (TPSA) is 38.9 Å². The summed E-state index contributed by atoms with van der Waals surface area (Å²) < 4.78 is 0. The lowest BCUT2D eigenvalue weighted by Gasteiger charge is -2.01. The molecule has 0 aliphatic heterocycles. The molecule has 13 heavy (non-hydrogen) atoms. The number of rotatable bonds is 1. The van der Waals surface area contributed by atoms with Crippen LogP contribution in [-0.4, -0.2) is 4.98 Å². The van der Waals surface area contributed by atoms with Crippen molar-refractivity contribution in [1.82, 2.24) is 4.98 Å². The Kier molecular flexibility index (Phi) is 2.02. The Hall–Kier alpha value is -1.35. The maximum absolute atomic E-state index is 5.80. The van der Waals surface area contributed by atoms with Crippen LogP contribution >= 0.6 is 11.3 Å². The number of aryl methyl sites for hydroxylation is 1. The molecule has 0 bridgehead atoms. The van der Waals surface area contributed by atoms with Gasteiger partial charge in [0.05, 0.1) is 11.2 Å². The van der Waals surface area contributed by atoms with Crippen molar-refractivity contribution in [2.45, 2.75) is 6.92 Å². The molecule has 1 heterocycles. The van der Waals surface area contributed by atoms with Crippen molar-refractivity contribution in [1.29, 1.82) is 0 Å². The second kappa shape index (κ2) is 3.18. The fourth-order valence-corrected chi connectivity index (χ4v) is 1.72. The van der Waals surface area contributed by atoms with E-state index in [2.05, 4.69) is 4.98 Å². The molecule has 0 aliphatic rings. The van der Waals surface area contributed by atoms with Crippen molar-refractivity contribution in [2.24, 2.45) is 0 Å². The molecule has 2 N–H and O–H groups in total. The fourth-order valence-electron chi connectivity index (χ4n) is 1.15. The van der Waals surface area contributed by atoms with Crippen molar-refractivity contribution in [3.05, 3.63) is 34.7 Å². The Balaban J connectivity index is 2.49. The van der Waals surface area contributed by atoms with E-state index < -0.39 is 0 Å². The van der Waals surface area contributed by atoms with E-state index in [-0.39, 0.29) is 0 Å². The predicted molar refractivity (Wildman–Crippen MR) is 56.7 cm³/mol. The first kappa shape index (κ1) is 8.26. The van der Waals surface area contributed by atoms with Gasteiger partial charge in [-0.3, -0.25) is 0 Å². The molecule has 2 rings (SSSR count). The number of nitrogens with two attached hydrogens (primary N) is 1. The summed E-state index contributed by atoms with van der Waals surface area (Å²) >= 11 is 1.59. The lowest BCUT2D eigenvalue weighted by molar-refractivity contribution is 1.39. The molecule has 0 amide bonds. The SMILES string of the molecule is Cc1ccc(-c2cscn2)cc1N. The number of nitrogens with zero attached hydrogens (tertiary/aromatic N) is 1. The van der Waals surface area contributed by atoms with Crippen LogP contribution in [-0.2, 0) is 0 Å². The highest BCUT2D eigenvalue weighted by molar-refractivity contribution is 7.07. The molecule has 0 aliphatic carbocycles. The summed E-state index contributed by atoms with van der Waals surface area (Å²) in [5.74, 6) is 0. The Morgan fingerprint density at radius 1 is 1.38 bits per heavy atom. The predicted octanol–water partition coefficient (Wildman–Crippen LogP) is 2.70. The summed E-state index contributed by atoms with van der Waals surface area (Å²) in [5.41, 5.74) is 11.6. The van der Waals surface area contributed by atoms with E-state index >= 15 is 0 Å². The van der Waals surface area contributed by atoms with Gasteiger partial charge in [0.15, 0.2) is 0 Å². The van der Waals surface area contributed by atoms with Gasteiger partial charge in [-0.2, -0.15) is 0 Å². The summed E-state index contributed by atoms with van der Waals surface area (Å²) in [6, 6.07) is 6.02. The van der Waals surface area contributed by atoms with Crippen molar-refractivity contribution in [2.75, 3.05) is 5.73 Å². The van der Waals surface area contributed by atoms with Crippen LogP contribution in [0.3, 0.4) is 0 Å². The van der Waals surface area contributed by atoms with Gasteiger partial charge in [-0.1, -0.05) is 12.1 Å². The van der Waals surface area contributed by atoms with Gasteiger partial charge in [-0.15, -0.1) is 11.3 Å². The van der Waals surface area contributed by atoms with Crippen molar-refractivity contribution >= 4 is 17.0 Å². The third-order valence-electron chi connectivity index (χ3n) is 2.01. The zero-order chi connectivity index (χ0) is 9.26. The minimum atomic E-state index is 0.825. The number of hydrogen-bond acceptors (Lipinski definition) is 3. The number of hydrogen-bond donors (Lipinski definition) is 1. The Morgan fingerprint density at radius 3 is 2.85 bits per heavy atom. The van der Waals surface area contributed by atoms with Crippen LogP contribution in [0.1, 0.15) is 5.56 Å². The highest BCUT2D eigenvalue weighted by Gasteiger charge is 2.00. The molecule has 0 atom stereocenters. The molecule has 0 saturated heterocycles. The van der Waals surface area contributed by atoms with Crippen molar-refractivity contribution in [3.8, 4) is 11.3 Å². The average Bonchev–Trinajstić information content (AvgIpc) is 2.62. The second-order valence-electron chi connectivity index (χ2n) is 2.95. The van der Waals surface area contributed by atoms with Crippen LogP contribution in [0.4, 0.5) is 5.69 Å². The Bertz CT molecular complexity index is 407. The van der Waals surface area contributed by atoms with Gasteiger partial charge in [-0.25, -0.2) is 4.98 Å². The summed E-state index contributed by atoms with van der Waals surface area (Å²) in [4.78, 5) is 4.22. The van der Waals surface area contributed by atoms with E-state index in [1.807, 2.05) is 36.0 Å². The molecule has 2 nitrogen and oxygen atoms in total. The molecular weight excluding hydrogens is 180 g/mol. The quantitative estimate of drug-likeness (QED) is 0.702. The number of benzene rings is 1. The molecule has 0 fully saturated rings. The number of anilines is 1. The normalized spacial score (nSPS) is 10.2. The van der Waals surface area contributed by atoms with Gasteiger partial charge in [0.1, 0.15) is 0 Å². The summed E-state index contributed by atoms with van der Waals surface area (Å²) in [6.45, 7) is 2.00. The minimum absolute atomic E-state index is 0.825. The Labute approximate surface area is 81.1 Å². The van der Waals surface area contributed by atoms with Crippen molar-refractivity contribution < 1.29 is 0 Å². The number of aromatic nitrogens is 1. The molecule has 0 spiro atoms. The lowest BCUT2D eigenvalue weighted by atomic mass is 10.1. The molecular formula is C10H10N2S. The van der Waals surface area contributed by atoms with Gasteiger partial charge in [0.25, 0.3) is 0 Å². The van der Waals surface area contributed by atoms with Gasteiger partial charge in [0.2, 0.25) is 0 Å². The first-order valence-corrected chi connectivity index (χ1v) is 4.96. The van der Waals surface area contributed by atoms with E-state index in [4.69, 9.17) is 5.73 Å². The molecule has 1 aromatic carbocycles. The summed E-state index contributed by atoms with van der Waals surface area (Å²) in [7, 11) is 0. The largest absolute Gasteiger partial charge is 0.398 e. The molecule has 0 saturated carbocycles. The van der Waals surface area contributed by atoms with Gasteiger partial charge in [0, 0.05) is 16.6 Å². The van der Waals surface area contributed by atoms with Crippen molar-refractivity contribution in [3.63, 3.8) is 0 Å². The average molecular weight is 190 g/mol. The first-order valence-electron chi connectivity index (χ1n) is 4.02. The van der Waals surface area contributed by atoms with E-state index in [1.54, 1.807) is 11.3 Å². The second-order valence-corrected chi connectivity index (χ2v) is 3.66. The zero-order valence-electron chi connectivity index (χ0n) is 7.32. The van der Waals surface area contributed by atoms with Gasteiger partial charge in [-0.05, 0) is 18.6 Å². The third kappa shape index (κ3) is 1.55. The highest BCUT2D eigenvalue weighted by atomic mass is 32.1. The molecule has 66 valence electrons. The first-order chi connectivity index (χ1) is 6.27. The lowest BCUT2D eigenvalue weighted by Crippen LogP contribution is -1.89. The number of thiazole rings is 1. The molecule has 1 aromatic heterocycles. The molecule has 0 unspecified atom stereocenters. The third-order valence-corrected chi connectivity index (χ3v) is 2.59. The molecule has 3 heteroatoms. The maximum Gasteiger partial charge on any atom is 0.0811 e. The maximum atomic E-state index is 5.80. The van der Waals surface area contributed by atoms with Crippen LogP contribution in [0.2, 0.25) is 0 Å².